The maximum absolute atomic E-state index is 12.6. The van der Waals surface area contributed by atoms with Gasteiger partial charge in [0, 0.05) is 22.5 Å². The van der Waals surface area contributed by atoms with Gasteiger partial charge in [0.25, 0.3) is 0 Å². The van der Waals surface area contributed by atoms with Crippen molar-refractivity contribution in [2.24, 2.45) is 5.92 Å². The van der Waals surface area contributed by atoms with Crippen molar-refractivity contribution in [1.82, 2.24) is 9.97 Å². The first-order valence-corrected chi connectivity index (χ1v) is 10.7. The summed E-state index contributed by atoms with van der Waals surface area (Å²) in [6.07, 6.45) is 5.12. The SMILES string of the molecule is CCC(=O)Nc1ccc(C(=O)COc2ncnc3sc4c(c23)CCC(C)C4)cc1. The molecule has 1 N–H and O–H groups in total. The number of nitrogens with zero attached hydrogens (tertiary/aromatic N) is 2. The molecule has 0 spiro atoms. The highest BCUT2D eigenvalue weighted by molar-refractivity contribution is 7.18. The van der Waals surface area contributed by atoms with Crippen molar-refractivity contribution in [1.29, 1.82) is 0 Å². The smallest absolute Gasteiger partial charge is 0.226 e. The molecule has 3 aromatic rings. The van der Waals surface area contributed by atoms with Crippen LogP contribution in [0, 0.1) is 5.92 Å². The van der Waals surface area contributed by atoms with Gasteiger partial charge in [-0.05, 0) is 55.0 Å². The van der Waals surface area contributed by atoms with Crippen molar-refractivity contribution in [2.45, 2.75) is 39.5 Å². The molecule has 0 saturated carbocycles. The van der Waals surface area contributed by atoms with Crippen LogP contribution >= 0.6 is 11.3 Å². The van der Waals surface area contributed by atoms with E-state index in [0.717, 1.165) is 29.5 Å². The van der Waals surface area contributed by atoms with E-state index in [1.165, 1.54) is 16.8 Å². The molecule has 0 bridgehead atoms. The third kappa shape index (κ3) is 4.15. The highest BCUT2D eigenvalue weighted by Crippen LogP contribution is 2.40. The average molecular weight is 410 g/mol. The third-order valence-electron chi connectivity index (χ3n) is 5.21. The van der Waals surface area contributed by atoms with Crippen LogP contribution in [0.25, 0.3) is 10.2 Å². The summed E-state index contributed by atoms with van der Waals surface area (Å²) >= 11 is 1.71. The van der Waals surface area contributed by atoms with Crippen molar-refractivity contribution in [3.63, 3.8) is 0 Å². The maximum Gasteiger partial charge on any atom is 0.226 e. The summed E-state index contributed by atoms with van der Waals surface area (Å²) in [5.74, 6) is 0.971. The molecule has 0 fully saturated rings. The minimum atomic E-state index is -0.136. The summed E-state index contributed by atoms with van der Waals surface area (Å²) in [6, 6.07) is 6.83. The fraction of sp³-hybridized carbons (Fsp3) is 0.364. The lowest BCUT2D eigenvalue weighted by molar-refractivity contribution is -0.115. The number of hydrogen-bond donors (Lipinski definition) is 1. The maximum atomic E-state index is 12.6. The number of ketones is 1. The van der Waals surface area contributed by atoms with Crippen LogP contribution in [-0.4, -0.2) is 28.3 Å². The second-order valence-corrected chi connectivity index (χ2v) is 8.49. The van der Waals surface area contributed by atoms with Crippen LogP contribution in [0.2, 0.25) is 0 Å². The monoisotopic (exact) mass is 409 g/mol. The van der Waals surface area contributed by atoms with Crippen molar-refractivity contribution in [2.75, 3.05) is 11.9 Å². The first-order chi connectivity index (χ1) is 14.0. The Morgan fingerprint density at radius 2 is 2.03 bits per heavy atom. The Balaban J connectivity index is 1.48. The van der Waals surface area contributed by atoms with Gasteiger partial charge in [-0.15, -0.1) is 11.3 Å². The average Bonchev–Trinajstić information content (AvgIpc) is 3.10. The number of fused-ring (bicyclic) bond motifs is 3. The van der Waals surface area contributed by atoms with E-state index < -0.39 is 0 Å². The summed E-state index contributed by atoms with van der Waals surface area (Å²) in [5, 5.41) is 3.73. The molecule has 1 atom stereocenters. The van der Waals surface area contributed by atoms with Gasteiger partial charge in [-0.1, -0.05) is 13.8 Å². The lowest BCUT2D eigenvalue weighted by atomic mass is 9.89. The number of aromatic nitrogens is 2. The molecule has 1 aromatic carbocycles. The van der Waals surface area contributed by atoms with Crippen LogP contribution in [0.3, 0.4) is 0 Å². The Labute approximate surface area is 173 Å². The summed E-state index contributed by atoms with van der Waals surface area (Å²) in [7, 11) is 0. The summed E-state index contributed by atoms with van der Waals surface area (Å²) in [4.78, 5) is 35.0. The number of hydrogen-bond acceptors (Lipinski definition) is 6. The molecule has 1 amide bonds. The summed E-state index contributed by atoms with van der Waals surface area (Å²) < 4.78 is 5.84. The number of carbonyl (C=O) groups excluding carboxylic acids is 2. The zero-order chi connectivity index (χ0) is 20.4. The molecular weight excluding hydrogens is 386 g/mol. The van der Waals surface area contributed by atoms with Gasteiger partial charge in [-0.2, -0.15) is 0 Å². The fourth-order valence-electron chi connectivity index (χ4n) is 3.56. The van der Waals surface area contributed by atoms with Gasteiger partial charge in [0.2, 0.25) is 11.8 Å². The molecule has 7 heteroatoms. The Kier molecular flexibility index (Phi) is 5.58. The standard InChI is InChI=1S/C22H23N3O3S/c1-3-19(27)25-15-7-5-14(6-8-15)17(26)11-28-21-20-16-9-4-13(2)10-18(16)29-22(20)24-12-23-21/h5-8,12-13H,3-4,9-11H2,1-2H3,(H,25,27). The van der Waals surface area contributed by atoms with Gasteiger partial charge in [0.15, 0.2) is 12.4 Å². The second-order valence-electron chi connectivity index (χ2n) is 7.40. The van der Waals surface area contributed by atoms with Crippen molar-refractivity contribution in [3.8, 4) is 5.88 Å². The third-order valence-corrected chi connectivity index (χ3v) is 6.37. The zero-order valence-electron chi connectivity index (χ0n) is 16.5. The van der Waals surface area contributed by atoms with Crippen molar-refractivity contribution < 1.29 is 14.3 Å². The van der Waals surface area contributed by atoms with Crippen LogP contribution in [0.4, 0.5) is 5.69 Å². The van der Waals surface area contributed by atoms with E-state index in [1.807, 2.05) is 0 Å². The first-order valence-electron chi connectivity index (χ1n) is 9.86. The minimum Gasteiger partial charge on any atom is -0.469 e. The molecular formula is C22H23N3O3S. The molecule has 0 aliphatic heterocycles. The van der Waals surface area contributed by atoms with Crippen LogP contribution in [-0.2, 0) is 17.6 Å². The highest BCUT2D eigenvalue weighted by atomic mass is 32.1. The van der Waals surface area contributed by atoms with E-state index in [2.05, 4.69) is 22.2 Å². The van der Waals surface area contributed by atoms with Crippen LogP contribution in [0.15, 0.2) is 30.6 Å². The lowest BCUT2D eigenvalue weighted by Crippen LogP contribution is -2.14. The lowest BCUT2D eigenvalue weighted by Gasteiger charge is -2.18. The molecule has 29 heavy (non-hydrogen) atoms. The van der Waals surface area contributed by atoms with Crippen LogP contribution in [0.5, 0.6) is 5.88 Å². The quantitative estimate of drug-likeness (QED) is 0.609. The predicted octanol–water partition coefficient (Wildman–Crippen LogP) is 4.43. The van der Waals surface area contributed by atoms with Crippen LogP contribution in [0.1, 0.15) is 47.5 Å². The van der Waals surface area contributed by atoms with Gasteiger partial charge < -0.3 is 10.1 Å². The minimum absolute atomic E-state index is 0.0614. The van der Waals surface area contributed by atoms with E-state index in [0.29, 0.717) is 29.5 Å². The molecule has 0 radical (unpaired) electrons. The molecule has 0 saturated heterocycles. The van der Waals surface area contributed by atoms with Gasteiger partial charge >= 0.3 is 0 Å². The van der Waals surface area contributed by atoms with Crippen LogP contribution < -0.4 is 10.1 Å². The number of nitrogens with one attached hydrogen (secondary N) is 1. The molecule has 6 nitrogen and oxygen atoms in total. The zero-order valence-corrected chi connectivity index (χ0v) is 17.3. The van der Waals surface area contributed by atoms with Gasteiger partial charge in [0.1, 0.15) is 11.2 Å². The fourth-order valence-corrected chi connectivity index (χ4v) is 4.90. The molecule has 1 aliphatic carbocycles. The number of ether oxygens (including phenoxy) is 1. The van der Waals surface area contributed by atoms with E-state index in [9.17, 15) is 9.59 Å². The number of anilines is 1. The number of aryl methyl sites for hydroxylation is 1. The van der Waals surface area contributed by atoms with Crippen molar-refractivity contribution in [3.05, 3.63) is 46.6 Å². The largest absolute Gasteiger partial charge is 0.469 e. The van der Waals surface area contributed by atoms with Gasteiger partial charge in [-0.3, -0.25) is 9.59 Å². The van der Waals surface area contributed by atoms with E-state index in [1.54, 1.807) is 42.5 Å². The van der Waals surface area contributed by atoms with E-state index in [-0.39, 0.29) is 18.3 Å². The topological polar surface area (TPSA) is 81.2 Å². The predicted molar refractivity (Wildman–Crippen MR) is 114 cm³/mol. The summed E-state index contributed by atoms with van der Waals surface area (Å²) in [5.41, 5.74) is 2.49. The van der Waals surface area contributed by atoms with E-state index in [4.69, 9.17) is 4.74 Å². The van der Waals surface area contributed by atoms with E-state index >= 15 is 0 Å². The second kappa shape index (κ2) is 8.29. The highest BCUT2D eigenvalue weighted by Gasteiger charge is 2.24. The number of rotatable bonds is 6. The number of benzene rings is 1. The Bertz CT molecular complexity index is 1060. The number of carbonyl (C=O) groups is 2. The normalized spacial score (nSPS) is 15.7. The molecule has 2 heterocycles. The molecule has 2 aromatic heterocycles. The molecule has 4 rings (SSSR count). The molecule has 150 valence electrons. The number of thiophene rings is 1. The summed E-state index contributed by atoms with van der Waals surface area (Å²) in [6.45, 7) is 3.97. The molecule has 1 unspecified atom stereocenters. The van der Waals surface area contributed by atoms with Gasteiger partial charge in [-0.25, -0.2) is 9.97 Å². The molecule has 1 aliphatic rings. The Morgan fingerprint density at radius 1 is 1.24 bits per heavy atom. The Hall–Kier alpha value is -2.80. The number of Topliss-reactive ketones (excluding diaryl/α,β-unsaturated/α-hetero) is 1. The van der Waals surface area contributed by atoms with Gasteiger partial charge in [0.05, 0.1) is 5.39 Å². The van der Waals surface area contributed by atoms with Crippen molar-refractivity contribution >= 4 is 38.9 Å². The number of amides is 1. The first kappa shape index (κ1) is 19.5. The Morgan fingerprint density at radius 3 is 2.79 bits per heavy atom.